The first-order valence-corrected chi connectivity index (χ1v) is 6.59. The Bertz CT molecular complexity index is 717. The van der Waals surface area contributed by atoms with Gasteiger partial charge in [0.15, 0.2) is 0 Å². The van der Waals surface area contributed by atoms with Crippen molar-refractivity contribution in [3.05, 3.63) is 59.2 Å². The first-order valence-electron chi connectivity index (χ1n) is 6.59. The molecule has 0 radical (unpaired) electrons. The average molecular weight is 265 g/mol. The maximum absolute atomic E-state index is 10.8. The number of carbonyl (C=O) groups excluding carboxylic acids is 1. The molecule has 2 aromatic rings. The highest BCUT2D eigenvalue weighted by molar-refractivity contribution is 5.99. The Morgan fingerprint density at radius 1 is 1.05 bits per heavy atom. The van der Waals surface area contributed by atoms with Crippen molar-refractivity contribution in [1.82, 2.24) is 0 Å². The number of fused-ring (bicyclic) bond motifs is 3. The molecule has 0 saturated carbocycles. The van der Waals surface area contributed by atoms with Crippen molar-refractivity contribution in [2.75, 3.05) is 0 Å². The summed E-state index contributed by atoms with van der Waals surface area (Å²) >= 11 is 0. The third-order valence-corrected chi connectivity index (χ3v) is 3.52. The summed E-state index contributed by atoms with van der Waals surface area (Å²) in [6.45, 7) is 3.18. The molecule has 2 aromatic carbocycles. The molecule has 0 spiro atoms. The van der Waals surface area contributed by atoms with Gasteiger partial charge >= 0.3 is 5.97 Å². The molecular formula is C17H15NO2. The molecule has 3 rings (SSSR count). The Kier molecular flexibility index (Phi) is 3.11. The van der Waals surface area contributed by atoms with Crippen molar-refractivity contribution >= 4 is 11.7 Å². The van der Waals surface area contributed by atoms with E-state index in [0.717, 1.165) is 12.0 Å². The Balaban J connectivity index is 1.95. The Hall–Kier alpha value is -2.42. The van der Waals surface area contributed by atoms with Crippen molar-refractivity contribution in [2.24, 2.45) is 5.16 Å². The number of hydrogen-bond acceptors (Lipinski definition) is 3. The molecule has 0 aliphatic heterocycles. The van der Waals surface area contributed by atoms with Gasteiger partial charge in [0.25, 0.3) is 0 Å². The fraction of sp³-hybridized carbons (Fsp3) is 0.176. The lowest BCUT2D eigenvalue weighted by molar-refractivity contribution is -0.140. The number of nitrogens with zero attached hydrogens (tertiary/aromatic N) is 1. The van der Waals surface area contributed by atoms with Crippen LogP contribution in [0.25, 0.3) is 11.1 Å². The molecular weight excluding hydrogens is 250 g/mol. The largest absolute Gasteiger partial charge is 0.331 e. The van der Waals surface area contributed by atoms with Crippen LogP contribution in [-0.2, 0) is 16.1 Å². The highest BCUT2D eigenvalue weighted by Crippen LogP contribution is 2.36. The molecule has 100 valence electrons. The quantitative estimate of drug-likeness (QED) is 0.404. The van der Waals surface area contributed by atoms with Gasteiger partial charge < -0.3 is 4.84 Å². The van der Waals surface area contributed by atoms with Gasteiger partial charge in [0, 0.05) is 6.92 Å². The predicted molar refractivity (Wildman–Crippen MR) is 78.7 cm³/mol. The minimum Gasteiger partial charge on any atom is -0.318 e. The summed E-state index contributed by atoms with van der Waals surface area (Å²) in [5.41, 5.74) is 6.93. The van der Waals surface area contributed by atoms with Crippen LogP contribution in [0, 0.1) is 0 Å². The predicted octanol–water partition coefficient (Wildman–Crippen LogP) is 3.54. The summed E-state index contributed by atoms with van der Waals surface area (Å²) in [6.07, 6.45) is 0.945. The van der Waals surface area contributed by atoms with E-state index in [1.807, 2.05) is 13.0 Å². The summed E-state index contributed by atoms with van der Waals surface area (Å²) in [7, 11) is 0. The van der Waals surface area contributed by atoms with Crippen LogP contribution < -0.4 is 0 Å². The molecule has 0 saturated heterocycles. The second kappa shape index (κ2) is 4.93. The zero-order chi connectivity index (χ0) is 14.1. The van der Waals surface area contributed by atoms with Gasteiger partial charge in [-0.15, -0.1) is 0 Å². The fourth-order valence-corrected chi connectivity index (χ4v) is 2.56. The maximum Gasteiger partial charge on any atom is 0.331 e. The number of benzene rings is 2. The molecule has 3 heteroatoms. The molecule has 0 bridgehead atoms. The summed E-state index contributed by atoms with van der Waals surface area (Å²) in [5, 5.41) is 3.84. The molecule has 0 heterocycles. The fourth-order valence-electron chi connectivity index (χ4n) is 2.56. The number of oxime groups is 1. The van der Waals surface area contributed by atoms with Crippen molar-refractivity contribution in [1.29, 1.82) is 0 Å². The molecule has 0 aromatic heterocycles. The van der Waals surface area contributed by atoms with Gasteiger partial charge in [0.1, 0.15) is 0 Å². The zero-order valence-electron chi connectivity index (χ0n) is 11.5. The Morgan fingerprint density at radius 2 is 1.80 bits per heavy atom. The van der Waals surface area contributed by atoms with E-state index in [1.165, 1.54) is 29.2 Å². The van der Waals surface area contributed by atoms with Gasteiger partial charge in [0.2, 0.25) is 0 Å². The van der Waals surface area contributed by atoms with Crippen molar-refractivity contribution in [3.63, 3.8) is 0 Å². The third-order valence-electron chi connectivity index (χ3n) is 3.52. The molecule has 3 nitrogen and oxygen atoms in total. The lowest BCUT2D eigenvalue weighted by Gasteiger charge is -2.04. The van der Waals surface area contributed by atoms with Gasteiger partial charge in [-0.1, -0.05) is 41.6 Å². The normalized spacial score (nSPS) is 12.8. The molecule has 1 aliphatic carbocycles. The number of rotatable bonds is 2. The topological polar surface area (TPSA) is 38.7 Å². The minimum absolute atomic E-state index is 0.405. The van der Waals surface area contributed by atoms with Crippen molar-refractivity contribution in [2.45, 2.75) is 20.3 Å². The van der Waals surface area contributed by atoms with Crippen molar-refractivity contribution < 1.29 is 9.63 Å². The highest BCUT2D eigenvalue weighted by atomic mass is 16.7. The summed E-state index contributed by atoms with van der Waals surface area (Å²) in [6, 6.07) is 14.7. The molecule has 0 unspecified atom stereocenters. The van der Waals surface area contributed by atoms with Crippen LogP contribution in [0.15, 0.2) is 47.6 Å². The van der Waals surface area contributed by atoms with E-state index in [-0.39, 0.29) is 0 Å². The zero-order valence-corrected chi connectivity index (χ0v) is 11.5. The third kappa shape index (κ3) is 2.23. The van der Waals surface area contributed by atoms with E-state index < -0.39 is 5.97 Å². The standard InChI is InChI=1S/C17H15NO2/c1-11(18-20-12(2)19)13-7-8-17-15(9-13)10-14-5-3-4-6-16(14)17/h3-9H,10H2,1-2H3/b18-11-. The number of hydrogen-bond donors (Lipinski definition) is 0. The summed E-state index contributed by atoms with van der Waals surface area (Å²) < 4.78 is 0. The van der Waals surface area contributed by atoms with Crippen LogP contribution in [0.2, 0.25) is 0 Å². The molecule has 20 heavy (non-hydrogen) atoms. The lowest BCUT2D eigenvalue weighted by atomic mass is 10.0. The van der Waals surface area contributed by atoms with E-state index >= 15 is 0 Å². The first-order chi connectivity index (χ1) is 9.65. The van der Waals surface area contributed by atoms with E-state index in [4.69, 9.17) is 0 Å². The molecule has 0 fully saturated rings. The molecule has 0 N–H and O–H groups in total. The first kappa shape index (κ1) is 12.6. The second-order valence-corrected chi connectivity index (χ2v) is 4.97. The average Bonchev–Trinajstić information content (AvgIpc) is 2.82. The molecule has 0 amide bonds. The van der Waals surface area contributed by atoms with E-state index in [2.05, 4.69) is 46.4 Å². The summed E-state index contributed by atoms with van der Waals surface area (Å²) in [5.74, 6) is -0.405. The molecule has 1 aliphatic rings. The van der Waals surface area contributed by atoms with Crippen LogP contribution in [0.4, 0.5) is 0 Å². The van der Waals surface area contributed by atoms with Gasteiger partial charge in [-0.3, -0.25) is 0 Å². The Morgan fingerprint density at radius 3 is 2.60 bits per heavy atom. The lowest BCUT2D eigenvalue weighted by Crippen LogP contribution is -2.00. The maximum atomic E-state index is 10.8. The Labute approximate surface area is 117 Å². The summed E-state index contributed by atoms with van der Waals surface area (Å²) in [4.78, 5) is 15.5. The van der Waals surface area contributed by atoms with Crippen LogP contribution in [0.3, 0.4) is 0 Å². The second-order valence-electron chi connectivity index (χ2n) is 4.97. The van der Waals surface area contributed by atoms with Crippen molar-refractivity contribution in [3.8, 4) is 11.1 Å². The van der Waals surface area contributed by atoms with Gasteiger partial charge in [-0.25, -0.2) is 4.79 Å². The minimum atomic E-state index is -0.405. The van der Waals surface area contributed by atoms with E-state index in [9.17, 15) is 4.79 Å². The van der Waals surface area contributed by atoms with E-state index in [0.29, 0.717) is 5.71 Å². The van der Waals surface area contributed by atoms with Crippen LogP contribution in [0.1, 0.15) is 30.5 Å². The monoisotopic (exact) mass is 265 g/mol. The SMILES string of the molecule is CC(=O)O/N=C(/C)c1ccc2c(c1)Cc1ccccc1-2. The molecule has 0 atom stereocenters. The van der Waals surface area contributed by atoms with Crippen LogP contribution in [0.5, 0.6) is 0 Å². The van der Waals surface area contributed by atoms with Gasteiger partial charge in [0.05, 0.1) is 5.71 Å². The smallest absolute Gasteiger partial charge is 0.318 e. The number of carbonyl (C=O) groups is 1. The van der Waals surface area contributed by atoms with Gasteiger partial charge in [-0.2, -0.15) is 0 Å². The van der Waals surface area contributed by atoms with E-state index in [1.54, 1.807) is 0 Å². The van der Waals surface area contributed by atoms with Crippen LogP contribution >= 0.6 is 0 Å². The van der Waals surface area contributed by atoms with Gasteiger partial charge in [-0.05, 0) is 47.2 Å². The highest BCUT2D eigenvalue weighted by Gasteiger charge is 2.18. The van der Waals surface area contributed by atoms with Crippen LogP contribution in [-0.4, -0.2) is 11.7 Å².